The number of hydrazine groups is 1. The van der Waals surface area contributed by atoms with Crippen LogP contribution in [0.15, 0.2) is 29.9 Å². The summed E-state index contributed by atoms with van der Waals surface area (Å²) in [7, 11) is 0. The fourth-order valence-corrected chi connectivity index (χ4v) is 2.41. The summed E-state index contributed by atoms with van der Waals surface area (Å²) in [5.41, 5.74) is 5.46. The molecule has 0 fully saturated rings. The third-order valence-corrected chi connectivity index (χ3v) is 3.76. The number of thiazole rings is 1. The van der Waals surface area contributed by atoms with Gasteiger partial charge in [0.05, 0.1) is 21.6 Å². The molecule has 2 aromatic rings. The minimum atomic E-state index is -0.109. The van der Waals surface area contributed by atoms with Gasteiger partial charge in [0, 0.05) is 11.1 Å². The Morgan fingerprint density at radius 2 is 2.12 bits per heavy atom. The summed E-state index contributed by atoms with van der Waals surface area (Å²) in [6.45, 7) is 0. The van der Waals surface area contributed by atoms with Crippen LogP contribution in [0.4, 0.5) is 0 Å². The molecule has 0 amide bonds. The van der Waals surface area contributed by atoms with Gasteiger partial charge < -0.3 is 0 Å². The molecule has 1 aromatic carbocycles. The largest absolute Gasteiger partial charge is 0.271 e. The minimum Gasteiger partial charge on any atom is -0.271 e. The molecule has 16 heavy (non-hydrogen) atoms. The molecule has 2 rings (SSSR count). The van der Waals surface area contributed by atoms with Crippen molar-refractivity contribution in [2.75, 3.05) is 0 Å². The SMILES string of the molecule is NNC(c1ccc(Cl)c(Cl)c1)c1cncs1. The average molecular weight is 274 g/mol. The highest BCUT2D eigenvalue weighted by Gasteiger charge is 2.14. The molecule has 0 saturated heterocycles. The van der Waals surface area contributed by atoms with Crippen molar-refractivity contribution in [1.82, 2.24) is 10.4 Å². The van der Waals surface area contributed by atoms with E-state index in [0.29, 0.717) is 10.0 Å². The average Bonchev–Trinajstić information content (AvgIpc) is 2.78. The van der Waals surface area contributed by atoms with Crippen molar-refractivity contribution < 1.29 is 0 Å². The number of halogens is 2. The van der Waals surface area contributed by atoms with E-state index in [0.717, 1.165) is 10.4 Å². The zero-order valence-electron chi connectivity index (χ0n) is 8.15. The number of aromatic nitrogens is 1. The first-order valence-corrected chi connectivity index (χ1v) is 6.15. The summed E-state index contributed by atoms with van der Waals surface area (Å²) in [6.07, 6.45) is 1.78. The summed E-state index contributed by atoms with van der Waals surface area (Å²) >= 11 is 13.4. The van der Waals surface area contributed by atoms with E-state index in [4.69, 9.17) is 29.0 Å². The molecule has 3 N–H and O–H groups in total. The van der Waals surface area contributed by atoms with Crippen LogP contribution in [0.1, 0.15) is 16.5 Å². The maximum absolute atomic E-state index is 5.96. The van der Waals surface area contributed by atoms with Gasteiger partial charge in [-0.1, -0.05) is 29.3 Å². The molecule has 0 aliphatic heterocycles. The van der Waals surface area contributed by atoms with E-state index in [9.17, 15) is 0 Å². The second kappa shape index (κ2) is 5.12. The monoisotopic (exact) mass is 273 g/mol. The van der Waals surface area contributed by atoms with Crippen LogP contribution in [-0.2, 0) is 0 Å². The Hall–Kier alpha value is -0.650. The van der Waals surface area contributed by atoms with Gasteiger partial charge in [-0.2, -0.15) is 0 Å². The number of benzene rings is 1. The van der Waals surface area contributed by atoms with Gasteiger partial charge in [0.1, 0.15) is 0 Å². The number of hydrogen-bond acceptors (Lipinski definition) is 4. The summed E-state index contributed by atoms with van der Waals surface area (Å²) < 4.78 is 0. The van der Waals surface area contributed by atoms with Crippen LogP contribution in [0.3, 0.4) is 0 Å². The predicted molar refractivity (Wildman–Crippen MR) is 67.7 cm³/mol. The molecule has 0 radical (unpaired) electrons. The van der Waals surface area contributed by atoms with Crippen molar-refractivity contribution in [1.29, 1.82) is 0 Å². The smallest absolute Gasteiger partial charge is 0.0819 e. The lowest BCUT2D eigenvalue weighted by atomic mass is 10.1. The topological polar surface area (TPSA) is 50.9 Å². The van der Waals surface area contributed by atoms with Crippen LogP contribution >= 0.6 is 34.5 Å². The second-order valence-electron chi connectivity index (χ2n) is 3.18. The number of nitrogens with two attached hydrogens (primary N) is 1. The molecule has 1 aromatic heterocycles. The Kier molecular flexibility index (Phi) is 3.78. The molecule has 1 atom stereocenters. The van der Waals surface area contributed by atoms with Crippen molar-refractivity contribution in [2.24, 2.45) is 5.84 Å². The molecule has 0 aliphatic carbocycles. The van der Waals surface area contributed by atoms with E-state index >= 15 is 0 Å². The molecule has 0 saturated carbocycles. The molecule has 0 aliphatic rings. The van der Waals surface area contributed by atoms with Crippen LogP contribution in [0.25, 0.3) is 0 Å². The third-order valence-electron chi connectivity index (χ3n) is 2.18. The van der Waals surface area contributed by atoms with E-state index in [2.05, 4.69) is 10.4 Å². The molecular formula is C10H9Cl2N3S. The van der Waals surface area contributed by atoms with Gasteiger partial charge in [-0.05, 0) is 17.7 Å². The lowest BCUT2D eigenvalue weighted by Crippen LogP contribution is -2.28. The Balaban J connectivity index is 2.37. The Labute approximate surface area is 107 Å². The summed E-state index contributed by atoms with van der Waals surface area (Å²) in [4.78, 5) is 5.05. The lowest BCUT2D eigenvalue weighted by Gasteiger charge is -2.14. The van der Waals surface area contributed by atoms with Crippen molar-refractivity contribution in [3.63, 3.8) is 0 Å². The molecule has 84 valence electrons. The Morgan fingerprint density at radius 1 is 1.31 bits per heavy atom. The van der Waals surface area contributed by atoms with E-state index < -0.39 is 0 Å². The number of nitrogens with one attached hydrogen (secondary N) is 1. The highest BCUT2D eigenvalue weighted by Crippen LogP contribution is 2.29. The maximum atomic E-state index is 5.96. The van der Waals surface area contributed by atoms with Crippen molar-refractivity contribution in [3.8, 4) is 0 Å². The lowest BCUT2D eigenvalue weighted by molar-refractivity contribution is 0.645. The van der Waals surface area contributed by atoms with E-state index in [-0.39, 0.29) is 6.04 Å². The molecular weight excluding hydrogens is 265 g/mol. The highest BCUT2D eigenvalue weighted by molar-refractivity contribution is 7.09. The first-order valence-electron chi connectivity index (χ1n) is 4.52. The van der Waals surface area contributed by atoms with Crippen LogP contribution in [-0.4, -0.2) is 4.98 Å². The van der Waals surface area contributed by atoms with Crippen molar-refractivity contribution >= 4 is 34.5 Å². The van der Waals surface area contributed by atoms with Gasteiger partial charge in [0.2, 0.25) is 0 Å². The first kappa shape index (κ1) is 11.8. The Bertz CT molecular complexity index is 473. The summed E-state index contributed by atoms with van der Waals surface area (Å²) in [5.74, 6) is 5.54. The molecule has 0 spiro atoms. The fourth-order valence-electron chi connectivity index (χ4n) is 1.40. The van der Waals surface area contributed by atoms with Crippen molar-refractivity contribution in [2.45, 2.75) is 6.04 Å². The van der Waals surface area contributed by atoms with Gasteiger partial charge in [-0.3, -0.25) is 10.8 Å². The first-order chi connectivity index (χ1) is 7.72. The molecule has 1 heterocycles. The van der Waals surface area contributed by atoms with Crippen LogP contribution in [0.5, 0.6) is 0 Å². The van der Waals surface area contributed by atoms with Crippen LogP contribution < -0.4 is 11.3 Å². The third kappa shape index (κ3) is 2.36. The van der Waals surface area contributed by atoms with Crippen molar-refractivity contribution in [3.05, 3.63) is 50.4 Å². The van der Waals surface area contributed by atoms with E-state index in [1.165, 1.54) is 11.3 Å². The zero-order valence-corrected chi connectivity index (χ0v) is 10.5. The molecule has 1 unspecified atom stereocenters. The zero-order chi connectivity index (χ0) is 11.5. The number of nitrogens with zero attached hydrogens (tertiary/aromatic N) is 1. The minimum absolute atomic E-state index is 0.109. The number of hydrogen-bond donors (Lipinski definition) is 2. The van der Waals surface area contributed by atoms with E-state index in [1.54, 1.807) is 23.8 Å². The maximum Gasteiger partial charge on any atom is 0.0819 e. The number of rotatable bonds is 3. The molecule has 3 nitrogen and oxygen atoms in total. The summed E-state index contributed by atoms with van der Waals surface area (Å²) in [5, 5.41) is 1.05. The quantitative estimate of drug-likeness (QED) is 0.668. The van der Waals surface area contributed by atoms with E-state index in [1.807, 2.05) is 6.07 Å². The predicted octanol–water partition coefficient (Wildman–Crippen LogP) is 3.00. The highest BCUT2D eigenvalue weighted by atomic mass is 35.5. The second-order valence-corrected chi connectivity index (χ2v) is 4.91. The molecule has 0 bridgehead atoms. The summed E-state index contributed by atoms with van der Waals surface area (Å²) in [6, 6.07) is 5.33. The van der Waals surface area contributed by atoms with Crippen LogP contribution in [0.2, 0.25) is 10.0 Å². The molecule has 6 heteroatoms. The normalized spacial score (nSPS) is 12.7. The van der Waals surface area contributed by atoms with Gasteiger partial charge in [0.15, 0.2) is 0 Å². The fraction of sp³-hybridized carbons (Fsp3) is 0.100. The van der Waals surface area contributed by atoms with Crippen LogP contribution in [0, 0.1) is 0 Å². The van der Waals surface area contributed by atoms with Gasteiger partial charge in [-0.15, -0.1) is 11.3 Å². The van der Waals surface area contributed by atoms with Gasteiger partial charge in [0.25, 0.3) is 0 Å². The Morgan fingerprint density at radius 3 is 2.69 bits per heavy atom. The standard InChI is InChI=1S/C10H9Cl2N3S/c11-7-2-1-6(3-8(7)12)10(15-13)9-4-14-5-16-9/h1-5,10,15H,13H2. The van der Waals surface area contributed by atoms with Gasteiger partial charge in [-0.25, -0.2) is 5.43 Å². The van der Waals surface area contributed by atoms with Gasteiger partial charge >= 0.3 is 0 Å².